The Labute approximate surface area is 94.2 Å². The van der Waals surface area contributed by atoms with E-state index >= 15 is 0 Å². The van der Waals surface area contributed by atoms with E-state index in [0.717, 1.165) is 6.42 Å². The van der Waals surface area contributed by atoms with Crippen molar-refractivity contribution in [3.63, 3.8) is 0 Å². The Hall–Kier alpha value is -1.32. The third-order valence-electron chi connectivity index (χ3n) is 4.31. The van der Waals surface area contributed by atoms with Crippen molar-refractivity contribution in [3.8, 4) is 0 Å². The molecule has 4 nitrogen and oxygen atoms in total. The Bertz CT molecular complexity index is 403. The largest absolute Gasteiger partial charge is 0.453 e. The highest BCUT2D eigenvalue weighted by Gasteiger charge is 2.78. The van der Waals surface area contributed by atoms with Crippen LogP contribution in [0.3, 0.4) is 0 Å². The molecule has 0 aromatic rings. The normalized spacial score (nSPS) is 42.1. The van der Waals surface area contributed by atoms with Crippen LogP contribution in [0.2, 0.25) is 0 Å². The average molecular weight is 221 g/mol. The Morgan fingerprint density at radius 1 is 1.56 bits per heavy atom. The molecule has 3 rings (SSSR count). The van der Waals surface area contributed by atoms with Gasteiger partial charge in [0.05, 0.1) is 18.7 Å². The monoisotopic (exact) mass is 221 g/mol. The summed E-state index contributed by atoms with van der Waals surface area (Å²) in [6.45, 7) is 1.88. The van der Waals surface area contributed by atoms with Crippen molar-refractivity contribution in [1.82, 2.24) is 4.90 Å². The minimum absolute atomic E-state index is 0.0177. The SMILES string of the molecule is CCC(=O)[C@H]1CC2C=CC23C1N3C(=O)OC. The summed E-state index contributed by atoms with van der Waals surface area (Å²) in [5.41, 5.74) is -0.150. The number of methoxy groups -OCH3 is 1. The van der Waals surface area contributed by atoms with Gasteiger partial charge in [0.1, 0.15) is 5.78 Å². The number of hydrogen-bond acceptors (Lipinski definition) is 3. The average Bonchev–Trinajstić information content (AvgIpc) is 2.93. The van der Waals surface area contributed by atoms with Gasteiger partial charge >= 0.3 is 6.09 Å². The summed E-state index contributed by atoms with van der Waals surface area (Å²) in [5.74, 6) is 0.660. The van der Waals surface area contributed by atoms with Crippen molar-refractivity contribution in [1.29, 1.82) is 0 Å². The lowest BCUT2D eigenvalue weighted by molar-refractivity contribution is -0.122. The van der Waals surface area contributed by atoms with Gasteiger partial charge in [-0.2, -0.15) is 0 Å². The van der Waals surface area contributed by atoms with Gasteiger partial charge in [0, 0.05) is 18.3 Å². The standard InChI is InChI=1S/C12H15NO3/c1-3-9(14)8-6-7-4-5-12(7)10(8)13(12)11(15)16-2/h4-5,7-8,10H,3,6H2,1-2H3/t7?,8-,10?,12?,13?/m1/s1. The first-order valence-electron chi connectivity index (χ1n) is 5.76. The molecule has 4 atom stereocenters. The minimum Gasteiger partial charge on any atom is -0.453 e. The van der Waals surface area contributed by atoms with E-state index in [2.05, 4.69) is 12.2 Å². The highest BCUT2D eigenvalue weighted by molar-refractivity contribution is 5.87. The molecule has 1 saturated heterocycles. The summed E-state index contributed by atoms with van der Waals surface area (Å²) < 4.78 is 4.76. The van der Waals surface area contributed by atoms with E-state index in [-0.39, 0.29) is 29.4 Å². The molecule has 2 fully saturated rings. The van der Waals surface area contributed by atoms with Gasteiger partial charge in [-0.1, -0.05) is 19.1 Å². The van der Waals surface area contributed by atoms with Crippen LogP contribution in [0.15, 0.2) is 12.2 Å². The molecule has 0 N–H and O–H groups in total. The number of nitrogens with zero attached hydrogens (tertiary/aromatic N) is 1. The molecule has 1 spiro atoms. The Kier molecular flexibility index (Phi) is 1.77. The molecule has 1 saturated carbocycles. The van der Waals surface area contributed by atoms with Crippen LogP contribution in [-0.4, -0.2) is 35.5 Å². The number of rotatable bonds is 2. The number of ether oxygens (including phenoxy) is 1. The van der Waals surface area contributed by atoms with Crippen LogP contribution in [0.25, 0.3) is 0 Å². The number of amides is 1. The van der Waals surface area contributed by atoms with Gasteiger partial charge in [-0.25, -0.2) is 4.79 Å². The summed E-state index contributed by atoms with van der Waals surface area (Å²) >= 11 is 0. The third kappa shape index (κ3) is 0.867. The molecule has 3 aliphatic rings. The van der Waals surface area contributed by atoms with E-state index in [1.807, 2.05) is 6.92 Å². The second-order valence-corrected chi connectivity index (χ2v) is 4.80. The fourth-order valence-electron chi connectivity index (χ4n) is 3.46. The van der Waals surface area contributed by atoms with Gasteiger partial charge in [-0.05, 0) is 6.42 Å². The molecule has 0 bridgehead atoms. The quantitative estimate of drug-likeness (QED) is 0.522. The van der Waals surface area contributed by atoms with Gasteiger partial charge in [-0.3, -0.25) is 9.69 Å². The van der Waals surface area contributed by atoms with E-state index in [1.54, 1.807) is 4.90 Å². The van der Waals surface area contributed by atoms with E-state index in [9.17, 15) is 9.59 Å². The lowest BCUT2D eigenvalue weighted by Crippen LogP contribution is -2.34. The van der Waals surface area contributed by atoms with Gasteiger partial charge < -0.3 is 4.74 Å². The highest BCUT2D eigenvalue weighted by atomic mass is 16.5. The minimum atomic E-state index is -0.298. The van der Waals surface area contributed by atoms with Gasteiger partial charge in [0.2, 0.25) is 0 Å². The van der Waals surface area contributed by atoms with E-state index < -0.39 is 0 Å². The molecule has 16 heavy (non-hydrogen) atoms. The molecule has 3 unspecified atom stereocenters. The predicted molar refractivity (Wildman–Crippen MR) is 56.8 cm³/mol. The van der Waals surface area contributed by atoms with Crippen molar-refractivity contribution in [2.24, 2.45) is 11.8 Å². The van der Waals surface area contributed by atoms with E-state index in [4.69, 9.17) is 4.74 Å². The molecule has 1 amide bonds. The Morgan fingerprint density at radius 3 is 2.81 bits per heavy atom. The maximum Gasteiger partial charge on any atom is 0.410 e. The lowest BCUT2D eigenvalue weighted by Gasteiger charge is -2.28. The number of carbonyl (C=O) groups is 2. The van der Waals surface area contributed by atoms with Crippen molar-refractivity contribution in [3.05, 3.63) is 12.2 Å². The summed E-state index contributed by atoms with van der Waals surface area (Å²) in [5, 5.41) is 0. The van der Waals surface area contributed by atoms with Gasteiger partial charge in [-0.15, -0.1) is 0 Å². The molecule has 2 aliphatic carbocycles. The zero-order valence-electron chi connectivity index (χ0n) is 9.47. The molecule has 86 valence electrons. The first-order valence-corrected chi connectivity index (χ1v) is 5.76. The van der Waals surface area contributed by atoms with Crippen LogP contribution >= 0.6 is 0 Å². The number of ketones is 1. The third-order valence-corrected chi connectivity index (χ3v) is 4.31. The summed E-state index contributed by atoms with van der Waals surface area (Å²) in [6, 6.07) is 0.0717. The van der Waals surface area contributed by atoms with E-state index in [1.165, 1.54) is 7.11 Å². The molecule has 4 heteroatoms. The van der Waals surface area contributed by atoms with Crippen LogP contribution in [-0.2, 0) is 9.53 Å². The number of piperidine rings is 1. The number of Topliss-reactive ketones (excluding diaryl/α,β-unsaturated/α-hetero) is 1. The maximum atomic E-state index is 11.8. The predicted octanol–water partition coefficient (Wildman–Crippen LogP) is 1.36. The van der Waals surface area contributed by atoms with Crippen molar-refractivity contribution < 1.29 is 14.3 Å². The van der Waals surface area contributed by atoms with E-state index in [0.29, 0.717) is 12.3 Å². The van der Waals surface area contributed by atoms with Crippen molar-refractivity contribution >= 4 is 11.9 Å². The van der Waals surface area contributed by atoms with Crippen molar-refractivity contribution in [2.75, 3.05) is 7.11 Å². The number of carbonyl (C=O) groups excluding carboxylic acids is 2. The lowest BCUT2D eigenvalue weighted by atomic mass is 9.83. The molecule has 0 aromatic heterocycles. The van der Waals surface area contributed by atoms with Crippen LogP contribution in [0.5, 0.6) is 0 Å². The van der Waals surface area contributed by atoms with Crippen LogP contribution in [0.1, 0.15) is 19.8 Å². The fraction of sp³-hybridized carbons (Fsp3) is 0.667. The molecule has 0 radical (unpaired) electrons. The second-order valence-electron chi connectivity index (χ2n) is 4.80. The summed E-state index contributed by atoms with van der Waals surface area (Å²) in [4.78, 5) is 25.1. The summed E-state index contributed by atoms with van der Waals surface area (Å²) in [6.07, 6.45) is 5.33. The molecular formula is C12H15NO3. The maximum absolute atomic E-state index is 11.8. The van der Waals surface area contributed by atoms with Crippen molar-refractivity contribution in [2.45, 2.75) is 31.3 Å². The van der Waals surface area contributed by atoms with Gasteiger partial charge in [0.25, 0.3) is 0 Å². The van der Waals surface area contributed by atoms with Crippen LogP contribution < -0.4 is 0 Å². The first-order chi connectivity index (χ1) is 7.66. The number of likely N-dealkylation sites (tertiary alicyclic amines) is 1. The molecule has 1 heterocycles. The molecular weight excluding hydrogens is 206 g/mol. The topological polar surface area (TPSA) is 46.4 Å². The fourth-order valence-corrected chi connectivity index (χ4v) is 3.46. The van der Waals surface area contributed by atoms with Gasteiger partial charge in [0.15, 0.2) is 0 Å². The van der Waals surface area contributed by atoms with Crippen LogP contribution in [0, 0.1) is 11.8 Å². The second kappa shape index (κ2) is 2.87. The highest BCUT2D eigenvalue weighted by Crippen LogP contribution is 2.65. The molecule has 1 aliphatic heterocycles. The molecule has 0 aromatic carbocycles. The zero-order chi connectivity index (χ0) is 11.5. The zero-order valence-corrected chi connectivity index (χ0v) is 9.47. The summed E-state index contributed by atoms with van der Waals surface area (Å²) in [7, 11) is 1.39. The Balaban J connectivity index is 1.86. The first kappa shape index (κ1) is 9.87. The van der Waals surface area contributed by atoms with Crippen LogP contribution in [0.4, 0.5) is 4.79 Å². The Morgan fingerprint density at radius 2 is 2.31 bits per heavy atom. The smallest absolute Gasteiger partial charge is 0.410 e. The number of hydrogen-bond donors (Lipinski definition) is 0.